The molecule has 0 radical (unpaired) electrons. The van der Waals surface area contributed by atoms with Crippen LogP contribution in [0.25, 0.3) is 21.9 Å². The number of methoxy groups -OCH3 is 3. The van der Waals surface area contributed by atoms with Gasteiger partial charge in [-0.3, -0.25) is 4.79 Å². The zero-order valence-corrected chi connectivity index (χ0v) is 19.9. The standard InChI is InChI=1S/C26H30O7/c1-13(2)8-9-15-22-19(12-21(31-6)26(15)32-7)33-20-11-18(30-5)16(10-17(27)14(3)4)24(28)23(20)25(22)29/h8,11-12,17,27-28H,3,9-10H2,1-2,4-7H3. The Morgan fingerprint density at radius 1 is 1.03 bits per heavy atom. The predicted octanol–water partition coefficient (Wildman–Crippen LogP) is 4.67. The molecule has 1 heterocycles. The number of aromatic hydroxyl groups is 1. The minimum atomic E-state index is -0.910. The normalized spacial score (nSPS) is 12.0. The highest BCUT2D eigenvalue weighted by Gasteiger charge is 2.25. The molecular weight excluding hydrogens is 424 g/mol. The first-order valence-corrected chi connectivity index (χ1v) is 10.5. The van der Waals surface area contributed by atoms with Crippen LogP contribution in [0.4, 0.5) is 0 Å². The second-order valence-corrected chi connectivity index (χ2v) is 8.23. The van der Waals surface area contributed by atoms with E-state index < -0.39 is 11.5 Å². The molecule has 0 aliphatic heterocycles. The van der Waals surface area contributed by atoms with Crippen LogP contribution in [0, 0.1) is 0 Å². The van der Waals surface area contributed by atoms with Crippen LogP contribution in [-0.2, 0) is 12.8 Å². The largest absolute Gasteiger partial charge is 0.507 e. The van der Waals surface area contributed by atoms with Crippen molar-refractivity contribution in [2.45, 2.75) is 39.7 Å². The Morgan fingerprint density at radius 2 is 1.64 bits per heavy atom. The van der Waals surface area contributed by atoms with Crippen molar-refractivity contribution in [1.29, 1.82) is 0 Å². The molecular formula is C26H30O7. The first-order chi connectivity index (χ1) is 15.6. The quantitative estimate of drug-likeness (QED) is 0.377. The molecule has 7 heteroatoms. The van der Waals surface area contributed by atoms with Gasteiger partial charge in [0, 0.05) is 29.7 Å². The lowest BCUT2D eigenvalue weighted by molar-refractivity contribution is 0.209. The molecule has 0 aliphatic rings. The van der Waals surface area contributed by atoms with Crippen LogP contribution in [0.1, 0.15) is 31.9 Å². The average molecular weight is 455 g/mol. The molecule has 176 valence electrons. The Morgan fingerprint density at radius 3 is 2.18 bits per heavy atom. The van der Waals surface area contributed by atoms with E-state index in [1.807, 2.05) is 19.9 Å². The molecule has 1 aromatic heterocycles. The first kappa shape index (κ1) is 24.2. The number of allylic oxidation sites excluding steroid dienone is 2. The van der Waals surface area contributed by atoms with Gasteiger partial charge in [-0.15, -0.1) is 0 Å². The summed E-state index contributed by atoms with van der Waals surface area (Å²) in [5.41, 5.74) is 2.57. The third kappa shape index (κ3) is 4.41. The lowest BCUT2D eigenvalue weighted by Crippen LogP contribution is -2.14. The van der Waals surface area contributed by atoms with Crippen molar-refractivity contribution in [2.24, 2.45) is 0 Å². The van der Waals surface area contributed by atoms with E-state index in [0.717, 1.165) is 5.57 Å². The molecule has 2 aromatic carbocycles. The summed E-state index contributed by atoms with van der Waals surface area (Å²) in [6.07, 6.45) is 1.51. The van der Waals surface area contributed by atoms with E-state index in [1.165, 1.54) is 21.3 Å². The van der Waals surface area contributed by atoms with Crippen molar-refractivity contribution in [2.75, 3.05) is 21.3 Å². The summed E-state index contributed by atoms with van der Waals surface area (Å²) < 4.78 is 22.6. The van der Waals surface area contributed by atoms with Crippen molar-refractivity contribution in [3.63, 3.8) is 0 Å². The van der Waals surface area contributed by atoms with Crippen LogP contribution in [0.3, 0.4) is 0 Å². The van der Waals surface area contributed by atoms with Gasteiger partial charge in [0.25, 0.3) is 0 Å². The van der Waals surface area contributed by atoms with Gasteiger partial charge in [-0.1, -0.05) is 23.8 Å². The maximum Gasteiger partial charge on any atom is 0.204 e. The summed E-state index contributed by atoms with van der Waals surface area (Å²) in [7, 11) is 4.47. The highest BCUT2D eigenvalue weighted by atomic mass is 16.5. The van der Waals surface area contributed by atoms with Gasteiger partial charge >= 0.3 is 0 Å². The van der Waals surface area contributed by atoms with E-state index in [9.17, 15) is 15.0 Å². The number of hydrogen-bond donors (Lipinski definition) is 2. The summed E-state index contributed by atoms with van der Waals surface area (Å²) in [6.45, 7) is 9.37. The summed E-state index contributed by atoms with van der Waals surface area (Å²) in [4.78, 5) is 13.8. The Kier molecular flexibility index (Phi) is 7.03. The Balaban J connectivity index is 2.46. The molecule has 3 aromatic rings. The van der Waals surface area contributed by atoms with E-state index in [2.05, 4.69) is 6.58 Å². The van der Waals surface area contributed by atoms with Gasteiger partial charge in [-0.05, 0) is 27.2 Å². The number of hydrogen-bond acceptors (Lipinski definition) is 7. The van der Waals surface area contributed by atoms with Crippen LogP contribution in [0.2, 0.25) is 0 Å². The number of rotatable bonds is 8. The molecule has 2 N–H and O–H groups in total. The minimum absolute atomic E-state index is 0.0119. The van der Waals surface area contributed by atoms with Crippen molar-refractivity contribution in [3.8, 4) is 23.0 Å². The molecule has 1 unspecified atom stereocenters. The van der Waals surface area contributed by atoms with Crippen molar-refractivity contribution in [3.05, 3.63) is 57.3 Å². The lowest BCUT2D eigenvalue weighted by Gasteiger charge is -2.18. The van der Waals surface area contributed by atoms with Crippen LogP contribution in [0.5, 0.6) is 23.0 Å². The monoisotopic (exact) mass is 454 g/mol. The molecule has 0 saturated carbocycles. The molecule has 33 heavy (non-hydrogen) atoms. The molecule has 7 nitrogen and oxygen atoms in total. The molecule has 0 bridgehead atoms. The van der Waals surface area contributed by atoms with Gasteiger partial charge in [0.15, 0.2) is 11.5 Å². The number of phenols is 1. The number of fused-ring (bicyclic) bond motifs is 2. The SMILES string of the molecule is C=C(C)C(O)Cc1c(OC)cc2oc3cc(OC)c(OC)c(CC=C(C)C)c3c(=O)c2c1O. The zero-order valence-electron chi connectivity index (χ0n) is 19.9. The van der Waals surface area contributed by atoms with E-state index >= 15 is 0 Å². The second-order valence-electron chi connectivity index (χ2n) is 8.23. The van der Waals surface area contributed by atoms with Gasteiger partial charge in [0.2, 0.25) is 5.43 Å². The van der Waals surface area contributed by atoms with Crippen molar-refractivity contribution >= 4 is 21.9 Å². The first-order valence-electron chi connectivity index (χ1n) is 10.5. The van der Waals surface area contributed by atoms with Crippen LogP contribution in [-0.4, -0.2) is 37.6 Å². The average Bonchev–Trinajstić information content (AvgIpc) is 2.77. The number of phenolic OH excluding ortho intramolecular Hbond substituents is 1. The molecule has 0 fully saturated rings. The van der Waals surface area contributed by atoms with Gasteiger partial charge < -0.3 is 28.8 Å². The van der Waals surface area contributed by atoms with E-state index in [0.29, 0.717) is 51.3 Å². The maximum atomic E-state index is 13.8. The molecule has 0 aliphatic carbocycles. The molecule has 3 rings (SSSR count). The van der Waals surface area contributed by atoms with Gasteiger partial charge in [-0.25, -0.2) is 0 Å². The Hall–Kier alpha value is -3.45. The highest BCUT2D eigenvalue weighted by Crippen LogP contribution is 2.41. The smallest absolute Gasteiger partial charge is 0.204 e. The number of benzene rings is 2. The van der Waals surface area contributed by atoms with Gasteiger partial charge in [-0.2, -0.15) is 0 Å². The summed E-state index contributed by atoms with van der Waals surface area (Å²) in [5, 5.41) is 21.8. The fourth-order valence-corrected chi connectivity index (χ4v) is 3.83. The third-order valence-electron chi connectivity index (χ3n) is 5.64. The third-order valence-corrected chi connectivity index (χ3v) is 5.64. The number of aliphatic hydroxyl groups is 1. The maximum absolute atomic E-state index is 13.8. The van der Waals surface area contributed by atoms with E-state index in [4.69, 9.17) is 18.6 Å². The fraction of sp³-hybridized carbons (Fsp3) is 0.346. The zero-order chi connectivity index (χ0) is 24.4. The summed E-state index contributed by atoms with van der Waals surface area (Å²) >= 11 is 0. The highest BCUT2D eigenvalue weighted by molar-refractivity contribution is 5.97. The predicted molar refractivity (Wildman–Crippen MR) is 129 cm³/mol. The van der Waals surface area contributed by atoms with E-state index in [-0.39, 0.29) is 23.1 Å². The van der Waals surface area contributed by atoms with Crippen molar-refractivity contribution < 1.29 is 28.8 Å². The summed E-state index contributed by atoms with van der Waals surface area (Å²) in [6, 6.07) is 3.14. The van der Waals surface area contributed by atoms with Crippen LogP contribution < -0.4 is 19.6 Å². The molecule has 1 atom stereocenters. The van der Waals surface area contributed by atoms with E-state index in [1.54, 1.807) is 19.1 Å². The van der Waals surface area contributed by atoms with Crippen LogP contribution in [0.15, 0.2) is 45.1 Å². The topological polar surface area (TPSA) is 98.4 Å². The Labute approximate surface area is 192 Å². The molecule has 0 saturated heterocycles. The second kappa shape index (κ2) is 9.58. The van der Waals surface area contributed by atoms with Gasteiger partial charge in [0.1, 0.15) is 28.1 Å². The fourth-order valence-electron chi connectivity index (χ4n) is 3.83. The Bertz CT molecular complexity index is 1310. The molecule has 0 spiro atoms. The minimum Gasteiger partial charge on any atom is -0.507 e. The van der Waals surface area contributed by atoms with Crippen LogP contribution >= 0.6 is 0 Å². The summed E-state index contributed by atoms with van der Waals surface area (Å²) in [5.74, 6) is 0.874. The number of aliphatic hydroxyl groups excluding tert-OH is 1. The van der Waals surface area contributed by atoms with Crippen molar-refractivity contribution in [1.82, 2.24) is 0 Å². The lowest BCUT2D eigenvalue weighted by atomic mass is 9.97. The van der Waals surface area contributed by atoms with Gasteiger partial charge in [0.05, 0.1) is 32.8 Å². The number of ether oxygens (including phenoxy) is 3. The molecule has 0 amide bonds.